The van der Waals surface area contributed by atoms with Crippen LogP contribution in [0.15, 0.2) is 16.5 Å². The maximum atomic E-state index is 5.49. The van der Waals surface area contributed by atoms with Gasteiger partial charge < -0.3 is 10.2 Å². The van der Waals surface area contributed by atoms with Crippen LogP contribution in [0.3, 0.4) is 0 Å². The van der Waals surface area contributed by atoms with Gasteiger partial charge >= 0.3 is 0 Å². The molecule has 1 aromatic heterocycles. The molecule has 1 rings (SSSR count). The first-order chi connectivity index (χ1) is 4.33. The molecule has 2 N–H and O–H groups in total. The molecule has 0 spiro atoms. The van der Waals surface area contributed by atoms with Crippen molar-refractivity contribution in [2.24, 2.45) is 5.73 Å². The third-order valence-electron chi connectivity index (χ3n) is 1.02. The lowest BCUT2D eigenvalue weighted by Gasteiger charge is -1.87. The van der Waals surface area contributed by atoms with Crippen LogP contribution in [0.2, 0.25) is 5.22 Å². The van der Waals surface area contributed by atoms with Gasteiger partial charge in [-0.15, -0.1) is 0 Å². The van der Waals surface area contributed by atoms with Crippen molar-refractivity contribution in [1.82, 2.24) is 0 Å². The molecule has 1 aromatic rings. The highest BCUT2D eigenvalue weighted by molar-refractivity contribution is 6.28. The fraction of sp³-hybridized carbons (Fsp3) is 0.333. The van der Waals surface area contributed by atoms with Crippen molar-refractivity contribution in [2.75, 3.05) is 6.54 Å². The molecule has 0 aliphatic rings. The molecule has 50 valence electrons. The van der Waals surface area contributed by atoms with E-state index in [0.29, 0.717) is 11.8 Å². The molecule has 0 radical (unpaired) electrons. The SMILES string of the molecule is NCCc1ccc(Cl)o1. The lowest BCUT2D eigenvalue weighted by molar-refractivity contribution is 0.512. The minimum Gasteiger partial charge on any atom is -0.450 e. The number of nitrogens with two attached hydrogens (primary N) is 1. The average molecular weight is 146 g/mol. The number of hydrogen-bond donors (Lipinski definition) is 1. The maximum Gasteiger partial charge on any atom is 0.193 e. The summed E-state index contributed by atoms with van der Waals surface area (Å²) in [6.07, 6.45) is 0.757. The molecule has 0 amide bonds. The molecule has 9 heavy (non-hydrogen) atoms. The highest BCUT2D eigenvalue weighted by atomic mass is 35.5. The smallest absolute Gasteiger partial charge is 0.193 e. The van der Waals surface area contributed by atoms with E-state index in [2.05, 4.69) is 0 Å². The Morgan fingerprint density at radius 2 is 2.33 bits per heavy atom. The van der Waals surface area contributed by atoms with Crippen LogP contribution in [-0.2, 0) is 6.42 Å². The summed E-state index contributed by atoms with van der Waals surface area (Å²) in [4.78, 5) is 0. The molecule has 0 saturated carbocycles. The van der Waals surface area contributed by atoms with Crippen molar-refractivity contribution in [3.8, 4) is 0 Å². The first kappa shape index (κ1) is 6.65. The predicted octanol–water partition coefficient (Wildman–Crippen LogP) is 1.43. The summed E-state index contributed by atoms with van der Waals surface area (Å²) < 4.78 is 5.01. The third-order valence-corrected chi connectivity index (χ3v) is 1.22. The molecular weight excluding hydrogens is 138 g/mol. The second kappa shape index (κ2) is 2.90. The second-order valence-electron chi connectivity index (χ2n) is 1.74. The molecule has 0 fully saturated rings. The molecule has 2 nitrogen and oxygen atoms in total. The molecule has 0 aliphatic carbocycles. The highest BCUT2D eigenvalue weighted by Crippen LogP contribution is 2.12. The largest absolute Gasteiger partial charge is 0.450 e. The minimum absolute atomic E-state index is 0.429. The molecule has 0 atom stereocenters. The van der Waals surface area contributed by atoms with Gasteiger partial charge in [-0.3, -0.25) is 0 Å². The van der Waals surface area contributed by atoms with E-state index in [1.165, 1.54) is 0 Å². The Hall–Kier alpha value is -0.470. The standard InChI is InChI=1S/C6H8ClNO/c7-6-2-1-5(9-6)3-4-8/h1-2H,3-4,8H2. The summed E-state index contributed by atoms with van der Waals surface area (Å²) >= 11 is 5.49. The normalized spacial score (nSPS) is 10.0. The second-order valence-corrected chi connectivity index (χ2v) is 2.12. The van der Waals surface area contributed by atoms with Gasteiger partial charge in [-0.1, -0.05) is 0 Å². The average Bonchev–Trinajstić information content (AvgIpc) is 2.17. The fourth-order valence-electron chi connectivity index (χ4n) is 0.628. The summed E-state index contributed by atoms with van der Waals surface area (Å²) in [5.74, 6) is 0.850. The van der Waals surface area contributed by atoms with Crippen LogP contribution in [0.25, 0.3) is 0 Å². The van der Waals surface area contributed by atoms with Crippen LogP contribution in [0.4, 0.5) is 0 Å². The van der Waals surface area contributed by atoms with Crippen LogP contribution in [0, 0.1) is 0 Å². The minimum atomic E-state index is 0.429. The van der Waals surface area contributed by atoms with Crippen molar-refractivity contribution in [2.45, 2.75) is 6.42 Å². The van der Waals surface area contributed by atoms with E-state index in [-0.39, 0.29) is 0 Å². The van der Waals surface area contributed by atoms with Gasteiger partial charge in [0.25, 0.3) is 0 Å². The van der Waals surface area contributed by atoms with Crippen molar-refractivity contribution in [3.63, 3.8) is 0 Å². The lowest BCUT2D eigenvalue weighted by Crippen LogP contribution is -2.01. The van der Waals surface area contributed by atoms with Crippen LogP contribution < -0.4 is 5.73 Å². The van der Waals surface area contributed by atoms with Gasteiger partial charge in [0.1, 0.15) is 5.76 Å². The van der Waals surface area contributed by atoms with Gasteiger partial charge in [0.05, 0.1) is 0 Å². The number of halogens is 1. The number of rotatable bonds is 2. The number of hydrogen-bond acceptors (Lipinski definition) is 2. The van der Waals surface area contributed by atoms with Crippen molar-refractivity contribution >= 4 is 11.6 Å². The lowest BCUT2D eigenvalue weighted by atomic mass is 10.3. The molecule has 0 aliphatic heterocycles. The molecule has 0 unspecified atom stereocenters. The van der Waals surface area contributed by atoms with Gasteiger partial charge in [-0.25, -0.2) is 0 Å². The van der Waals surface area contributed by atoms with Crippen LogP contribution in [0.1, 0.15) is 5.76 Å². The quantitative estimate of drug-likeness (QED) is 0.684. The third kappa shape index (κ3) is 1.73. The Labute approximate surface area is 58.6 Å². The van der Waals surface area contributed by atoms with Crippen molar-refractivity contribution in [1.29, 1.82) is 0 Å². The molecule has 1 heterocycles. The fourth-order valence-corrected chi connectivity index (χ4v) is 0.790. The van der Waals surface area contributed by atoms with E-state index in [1.54, 1.807) is 6.07 Å². The van der Waals surface area contributed by atoms with Gasteiger partial charge in [0.15, 0.2) is 5.22 Å². The monoisotopic (exact) mass is 145 g/mol. The van der Waals surface area contributed by atoms with Gasteiger partial charge in [-0.05, 0) is 30.3 Å². The van der Waals surface area contributed by atoms with E-state index in [1.807, 2.05) is 6.07 Å². The Morgan fingerprint density at radius 3 is 2.78 bits per heavy atom. The first-order valence-electron chi connectivity index (χ1n) is 2.77. The van der Waals surface area contributed by atoms with Crippen LogP contribution >= 0.6 is 11.6 Å². The first-order valence-corrected chi connectivity index (χ1v) is 3.15. The topological polar surface area (TPSA) is 39.2 Å². The zero-order valence-corrected chi connectivity index (χ0v) is 5.69. The zero-order valence-electron chi connectivity index (χ0n) is 4.93. The zero-order chi connectivity index (χ0) is 6.69. The van der Waals surface area contributed by atoms with E-state index >= 15 is 0 Å². The van der Waals surface area contributed by atoms with Crippen LogP contribution in [0.5, 0.6) is 0 Å². The summed E-state index contributed by atoms with van der Waals surface area (Å²) in [7, 11) is 0. The summed E-state index contributed by atoms with van der Waals surface area (Å²) in [6.45, 7) is 0.601. The molecule has 0 bridgehead atoms. The molecule has 3 heteroatoms. The van der Waals surface area contributed by atoms with Gasteiger partial charge in [0.2, 0.25) is 0 Å². The van der Waals surface area contributed by atoms with E-state index in [9.17, 15) is 0 Å². The molecule has 0 saturated heterocycles. The highest BCUT2D eigenvalue weighted by Gasteiger charge is 1.95. The Balaban J connectivity index is 2.61. The van der Waals surface area contributed by atoms with E-state index < -0.39 is 0 Å². The van der Waals surface area contributed by atoms with E-state index in [0.717, 1.165) is 12.2 Å². The Kier molecular flexibility index (Phi) is 2.14. The predicted molar refractivity (Wildman–Crippen MR) is 36.5 cm³/mol. The Morgan fingerprint density at radius 1 is 1.56 bits per heavy atom. The Bertz CT molecular complexity index is 185. The molecule has 0 aromatic carbocycles. The van der Waals surface area contributed by atoms with Gasteiger partial charge in [0, 0.05) is 6.42 Å². The van der Waals surface area contributed by atoms with E-state index in [4.69, 9.17) is 21.8 Å². The summed E-state index contributed by atoms with van der Waals surface area (Å²) in [5.41, 5.74) is 5.27. The van der Waals surface area contributed by atoms with Crippen molar-refractivity contribution in [3.05, 3.63) is 23.1 Å². The van der Waals surface area contributed by atoms with Crippen LogP contribution in [-0.4, -0.2) is 6.54 Å². The summed E-state index contributed by atoms with van der Waals surface area (Å²) in [6, 6.07) is 3.54. The van der Waals surface area contributed by atoms with Gasteiger partial charge in [-0.2, -0.15) is 0 Å². The number of furan rings is 1. The molecular formula is C6H8ClNO. The maximum absolute atomic E-state index is 5.49. The van der Waals surface area contributed by atoms with Crippen molar-refractivity contribution < 1.29 is 4.42 Å². The summed E-state index contributed by atoms with van der Waals surface area (Å²) in [5, 5.41) is 0.429.